The van der Waals surface area contributed by atoms with Crippen molar-refractivity contribution in [2.45, 2.75) is 112 Å². The molecule has 2 nitrogen and oxygen atoms in total. The highest BCUT2D eigenvalue weighted by molar-refractivity contribution is 5.53. The Morgan fingerprint density at radius 2 is 1.17 bits per heavy atom. The van der Waals surface area contributed by atoms with Gasteiger partial charge in [-0.1, -0.05) is 133 Å². The van der Waals surface area contributed by atoms with Crippen LogP contribution in [0.4, 0.5) is 0 Å². The van der Waals surface area contributed by atoms with Gasteiger partial charge in [0.05, 0.1) is 5.92 Å². The van der Waals surface area contributed by atoms with Gasteiger partial charge in [0.25, 0.3) is 5.82 Å². The molecule has 0 fully saturated rings. The van der Waals surface area contributed by atoms with E-state index in [1.165, 1.54) is 56.2 Å². The molecule has 4 rings (SSSR count). The number of para-hydroxylation sites is 2. The number of aromatic nitrogens is 2. The molecule has 1 aromatic heterocycles. The molecule has 42 heavy (non-hydrogen) atoms. The van der Waals surface area contributed by atoms with Gasteiger partial charge in [-0.05, 0) is 56.4 Å². The summed E-state index contributed by atoms with van der Waals surface area (Å²) < 4.78 is 5.10. The summed E-state index contributed by atoms with van der Waals surface area (Å²) in [5.74, 6) is 3.14. The fourth-order valence-corrected chi connectivity index (χ4v) is 6.24. The molecule has 0 N–H and O–H groups in total. The Hall–Kier alpha value is -3.39. The zero-order valence-corrected chi connectivity index (χ0v) is 28.0. The van der Waals surface area contributed by atoms with E-state index in [2.05, 4.69) is 164 Å². The van der Waals surface area contributed by atoms with Gasteiger partial charge in [0.15, 0.2) is 0 Å². The minimum atomic E-state index is 0.177. The molecule has 0 aliphatic carbocycles. The van der Waals surface area contributed by atoms with Gasteiger partial charge < -0.3 is 0 Å². The molecule has 0 aliphatic heterocycles. The highest BCUT2D eigenvalue weighted by Crippen LogP contribution is 2.37. The second-order valence-corrected chi connectivity index (χ2v) is 13.6. The highest BCUT2D eigenvalue weighted by atomic mass is 15.2. The third-order valence-corrected chi connectivity index (χ3v) is 8.58. The van der Waals surface area contributed by atoms with E-state index >= 15 is 0 Å². The summed E-state index contributed by atoms with van der Waals surface area (Å²) in [7, 11) is 0. The smallest absolute Gasteiger partial charge is 0.198 e. The molecule has 222 valence electrons. The molecule has 0 saturated heterocycles. The zero-order chi connectivity index (χ0) is 30.7. The van der Waals surface area contributed by atoms with Gasteiger partial charge in [-0.2, -0.15) is 9.13 Å². The standard InChI is InChI=1S/C40H53N2/c1-26(2)18-23-37(32-21-19-31(11)20-22-32)40-41(38-33(27(3)4)14-12-15-34(38)28(5)6)24-25-42(40)39-35(29(7)8)16-13-17-36(39)30(9)10/h12-22,24-25,27-30,37H,23H2,1-11H3/q+1. The topological polar surface area (TPSA) is 8.81 Å². The van der Waals surface area contributed by atoms with Crippen LogP contribution in [0.1, 0.15) is 144 Å². The maximum atomic E-state index is 2.55. The van der Waals surface area contributed by atoms with Crippen molar-refractivity contribution in [3.63, 3.8) is 0 Å². The Labute approximate surface area is 256 Å². The quantitative estimate of drug-likeness (QED) is 0.134. The maximum Gasteiger partial charge on any atom is 0.274 e. The molecule has 0 spiro atoms. The molecular formula is C40H53N2+. The Balaban J connectivity index is 2.20. The van der Waals surface area contributed by atoms with Crippen LogP contribution in [0.2, 0.25) is 0 Å². The van der Waals surface area contributed by atoms with Gasteiger partial charge in [0.1, 0.15) is 23.8 Å². The van der Waals surface area contributed by atoms with E-state index in [1.807, 2.05) is 0 Å². The molecule has 1 unspecified atom stereocenters. The number of aryl methyl sites for hydroxylation is 1. The first kappa shape index (κ1) is 31.5. The van der Waals surface area contributed by atoms with Crippen LogP contribution in [0, 0.1) is 6.92 Å². The molecule has 0 amide bonds. The fourth-order valence-electron chi connectivity index (χ4n) is 6.24. The van der Waals surface area contributed by atoms with Gasteiger partial charge in [0.2, 0.25) is 0 Å². The van der Waals surface area contributed by atoms with E-state index in [1.54, 1.807) is 0 Å². The summed E-state index contributed by atoms with van der Waals surface area (Å²) in [4.78, 5) is 0. The van der Waals surface area contributed by atoms with E-state index in [-0.39, 0.29) is 5.92 Å². The molecule has 0 radical (unpaired) electrons. The van der Waals surface area contributed by atoms with Gasteiger partial charge in [0, 0.05) is 22.3 Å². The normalized spacial score (nSPS) is 12.5. The molecular weight excluding hydrogens is 508 g/mol. The third kappa shape index (κ3) is 6.48. The third-order valence-electron chi connectivity index (χ3n) is 8.58. The number of rotatable bonds is 10. The van der Waals surface area contributed by atoms with Crippen LogP contribution < -0.4 is 4.57 Å². The average molecular weight is 562 g/mol. The lowest BCUT2D eigenvalue weighted by molar-refractivity contribution is -0.606. The number of allylic oxidation sites excluding steroid dienone is 2. The predicted octanol–water partition coefficient (Wildman–Crippen LogP) is 11.0. The van der Waals surface area contributed by atoms with E-state index in [0.717, 1.165) is 6.42 Å². The molecule has 2 heteroatoms. The van der Waals surface area contributed by atoms with E-state index in [0.29, 0.717) is 23.7 Å². The van der Waals surface area contributed by atoms with Crippen LogP contribution in [0.25, 0.3) is 11.4 Å². The van der Waals surface area contributed by atoms with Crippen molar-refractivity contribution < 1.29 is 4.57 Å². The van der Waals surface area contributed by atoms with Crippen LogP contribution in [0.15, 0.2) is 84.7 Å². The summed E-state index contributed by atoms with van der Waals surface area (Å²) >= 11 is 0. The number of hydrogen-bond acceptors (Lipinski definition) is 0. The number of imidazole rings is 1. The molecule has 0 bridgehead atoms. The van der Waals surface area contributed by atoms with Crippen LogP contribution in [0.5, 0.6) is 0 Å². The van der Waals surface area contributed by atoms with Gasteiger partial charge in [-0.3, -0.25) is 0 Å². The first-order valence-corrected chi connectivity index (χ1v) is 16.0. The minimum absolute atomic E-state index is 0.177. The molecule has 4 aromatic rings. The SMILES string of the molecule is CC(C)=CCC(c1ccc(C)cc1)c1n(-c2c(C(C)C)cccc2C(C)C)cc[n+]1-c1c(C(C)C)cccc1C(C)C. The Morgan fingerprint density at radius 3 is 1.62 bits per heavy atom. The Kier molecular flexibility index (Phi) is 9.97. The molecule has 0 aliphatic rings. The molecule has 0 saturated carbocycles. The van der Waals surface area contributed by atoms with Crippen molar-refractivity contribution in [1.29, 1.82) is 0 Å². The van der Waals surface area contributed by atoms with Gasteiger partial charge in [-0.25, -0.2) is 0 Å². The maximum absolute atomic E-state index is 2.55. The largest absolute Gasteiger partial charge is 0.274 e. The summed E-state index contributed by atoms with van der Waals surface area (Å²) in [6, 6.07) is 23.0. The summed E-state index contributed by atoms with van der Waals surface area (Å²) in [5.41, 5.74) is 12.3. The first-order chi connectivity index (χ1) is 19.9. The summed E-state index contributed by atoms with van der Waals surface area (Å²) in [5, 5.41) is 0. The lowest BCUT2D eigenvalue weighted by Crippen LogP contribution is -2.39. The lowest BCUT2D eigenvalue weighted by Gasteiger charge is -2.23. The van der Waals surface area contributed by atoms with Crippen LogP contribution in [-0.2, 0) is 0 Å². The van der Waals surface area contributed by atoms with Crippen molar-refractivity contribution in [1.82, 2.24) is 4.57 Å². The van der Waals surface area contributed by atoms with Gasteiger partial charge >= 0.3 is 0 Å². The van der Waals surface area contributed by atoms with E-state index in [4.69, 9.17) is 0 Å². The molecule has 1 atom stereocenters. The minimum Gasteiger partial charge on any atom is -0.198 e. The van der Waals surface area contributed by atoms with Crippen molar-refractivity contribution in [3.05, 3.63) is 124 Å². The zero-order valence-electron chi connectivity index (χ0n) is 28.0. The van der Waals surface area contributed by atoms with Crippen LogP contribution >= 0.6 is 0 Å². The number of benzene rings is 3. The van der Waals surface area contributed by atoms with Crippen molar-refractivity contribution in [2.24, 2.45) is 0 Å². The predicted molar refractivity (Wildman–Crippen MR) is 181 cm³/mol. The van der Waals surface area contributed by atoms with Crippen molar-refractivity contribution in [3.8, 4) is 11.4 Å². The fraction of sp³-hybridized carbons (Fsp3) is 0.425. The van der Waals surface area contributed by atoms with E-state index < -0.39 is 0 Å². The van der Waals surface area contributed by atoms with E-state index in [9.17, 15) is 0 Å². The number of nitrogens with zero attached hydrogens (tertiary/aromatic N) is 2. The van der Waals surface area contributed by atoms with Crippen molar-refractivity contribution in [2.75, 3.05) is 0 Å². The highest BCUT2D eigenvalue weighted by Gasteiger charge is 2.35. The summed E-state index contributed by atoms with van der Waals surface area (Å²) in [6.07, 6.45) is 8.04. The Morgan fingerprint density at radius 1 is 0.690 bits per heavy atom. The summed E-state index contributed by atoms with van der Waals surface area (Å²) in [6.45, 7) is 25.2. The number of hydrogen-bond donors (Lipinski definition) is 0. The second kappa shape index (κ2) is 13.3. The Bertz CT molecular complexity index is 1390. The first-order valence-electron chi connectivity index (χ1n) is 16.0. The monoisotopic (exact) mass is 561 g/mol. The molecule has 3 aromatic carbocycles. The van der Waals surface area contributed by atoms with Crippen LogP contribution in [0.3, 0.4) is 0 Å². The van der Waals surface area contributed by atoms with Crippen LogP contribution in [-0.4, -0.2) is 4.57 Å². The average Bonchev–Trinajstić information content (AvgIpc) is 3.36. The lowest BCUT2D eigenvalue weighted by atomic mass is 9.89. The molecule has 1 heterocycles. The second-order valence-electron chi connectivity index (χ2n) is 13.6. The van der Waals surface area contributed by atoms with Crippen molar-refractivity contribution >= 4 is 0 Å². The van der Waals surface area contributed by atoms with Gasteiger partial charge in [-0.15, -0.1) is 0 Å².